The van der Waals surface area contributed by atoms with Crippen LogP contribution in [0.25, 0.3) is 11.2 Å². The monoisotopic (exact) mass is 435 g/mol. The number of piperidine rings is 1. The lowest BCUT2D eigenvalue weighted by atomic mass is 9.95. The van der Waals surface area contributed by atoms with Gasteiger partial charge in [-0.15, -0.1) is 5.10 Å². The van der Waals surface area contributed by atoms with Crippen LogP contribution in [0.1, 0.15) is 62.3 Å². The Morgan fingerprint density at radius 3 is 2.72 bits per heavy atom. The maximum Gasteiger partial charge on any atom is 0.317 e. The van der Waals surface area contributed by atoms with Crippen molar-refractivity contribution >= 4 is 17.2 Å². The molecule has 1 saturated carbocycles. The second-order valence-corrected chi connectivity index (χ2v) is 8.93. The normalized spacial score (nSPS) is 19.9. The first-order chi connectivity index (χ1) is 15.7. The molecule has 2 fully saturated rings. The zero-order valence-electron chi connectivity index (χ0n) is 18.2. The molecule has 1 atom stereocenters. The van der Waals surface area contributed by atoms with Crippen LogP contribution >= 0.6 is 0 Å². The number of aromatic amines is 1. The van der Waals surface area contributed by atoms with Crippen LogP contribution in [-0.4, -0.2) is 55.0 Å². The summed E-state index contributed by atoms with van der Waals surface area (Å²) in [7, 11) is 0. The Bertz CT molecular complexity index is 1130. The summed E-state index contributed by atoms with van der Waals surface area (Å²) in [4.78, 5) is 35.0. The zero-order chi connectivity index (χ0) is 21.9. The van der Waals surface area contributed by atoms with E-state index in [1.807, 2.05) is 35.2 Å². The summed E-state index contributed by atoms with van der Waals surface area (Å²) in [5.41, 5.74) is 1.50. The van der Waals surface area contributed by atoms with Crippen LogP contribution in [0.5, 0.6) is 0 Å². The van der Waals surface area contributed by atoms with E-state index in [0.29, 0.717) is 24.6 Å². The number of likely N-dealkylation sites (tertiary alicyclic amines) is 1. The van der Waals surface area contributed by atoms with Crippen molar-refractivity contribution in [1.29, 1.82) is 0 Å². The Kier molecular flexibility index (Phi) is 5.87. The number of nitrogens with one attached hydrogen (secondary N) is 2. The second-order valence-electron chi connectivity index (χ2n) is 8.93. The Balaban J connectivity index is 1.34. The topological polar surface area (TPSA) is 109 Å². The number of nitrogens with zero attached hydrogens (tertiary/aromatic N) is 5. The number of H-pyrrole nitrogens is 1. The van der Waals surface area contributed by atoms with Crippen molar-refractivity contribution in [1.82, 2.24) is 35.2 Å². The fraction of sp³-hybridized carbons (Fsp3) is 0.522. The highest BCUT2D eigenvalue weighted by Crippen LogP contribution is 2.25. The average Bonchev–Trinajstić information content (AvgIpc) is 3.23. The molecule has 1 unspecified atom stereocenters. The van der Waals surface area contributed by atoms with Crippen LogP contribution in [0.4, 0.5) is 4.79 Å². The number of fused-ring (bicyclic) bond motifs is 1. The summed E-state index contributed by atoms with van der Waals surface area (Å²) in [6, 6.07) is 10.2. The molecule has 9 nitrogen and oxygen atoms in total. The Morgan fingerprint density at radius 1 is 1.09 bits per heavy atom. The lowest BCUT2D eigenvalue weighted by molar-refractivity contribution is 0.171. The summed E-state index contributed by atoms with van der Waals surface area (Å²) in [5, 5.41) is 11.4. The van der Waals surface area contributed by atoms with Gasteiger partial charge in [-0.2, -0.15) is 0 Å². The van der Waals surface area contributed by atoms with Crippen molar-refractivity contribution in [3.05, 3.63) is 52.1 Å². The van der Waals surface area contributed by atoms with Gasteiger partial charge in [-0.05, 0) is 31.2 Å². The van der Waals surface area contributed by atoms with Gasteiger partial charge in [0.15, 0.2) is 11.2 Å². The van der Waals surface area contributed by atoms with E-state index in [9.17, 15) is 9.59 Å². The maximum absolute atomic E-state index is 12.8. The molecule has 32 heavy (non-hydrogen) atoms. The van der Waals surface area contributed by atoms with Crippen LogP contribution in [0.2, 0.25) is 0 Å². The Labute approximate surface area is 186 Å². The average molecular weight is 436 g/mol. The van der Waals surface area contributed by atoms with E-state index in [-0.39, 0.29) is 29.1 Å². The van der Waals surface area contributed by atoms with Crippen molar-refractivity contribution in [2.45, 2.75) is 63.5 Å². The minimum Gasteiger partial charge on any atom is -0.335 e. The molecule has 5 rings (SSSR count). The number of amides is 2. The number of rotatable bonds is 4. The van der Waals surface area contributed by atoms with Crippen LogP contribution in [-0.2, 0) is 6.54 Å². The number of carbonyl (C=O) groups is 1. The van der Waals surface area contributed by atoms with Gasteiger partial charge in [0.2, 0.25) is 0 Å². The Hall–Kier alpha value is -3.23. The van der Waals surface area contributed by atoms with Gasteiger partial charge in [0.25, 0.3) is 5.56 Å². The van der Waals surface area contributed by atoms with Gasteiger partial charge in [-0.3, -0.25) is 4.79 Å². The SMILES string of the molecule is O=C(NC1CCCCC1)N1CCCC(c2nc3c(nnn3Cc3ccccc3)c(=O)[nH]2)C1. The molecule has 3 heterocycles. The molecule has 0 bridgehead atoms. The standard InChI is InChI=1S/C23H29N7O2/c31-22-19-21(30(28-27-19)14-16-8-3-1-4-9-16)25-20(26-22)17-10-7-13-29(15-17)23(32)24-18-11-5-2-6-12-18/h1,3-4,8-9,17-18H,2,5-7,10-15H2,(H,24,32)(H,25,26,31). The van der Waals surface area contributed by atoms with Crippen molar-refractivity contribution in [3.8, 4) is 0 Å². The molecule has 1 saturated heterocycles. The number of benzene rings is 1. The molecule has 1 aromatic carbocycles. The summed E-state index contributed by atoms with van der Waals surface area (Å²) >= 11 is 0. The molecule has 2 N–H and O–H groups in total. The first-order valence-electron chi connectivity index (χ1n) is 11.6. The third kappa shape index (κ3) is 4.37. The highest BCUT2D eigenvalue weighted by atomic mass is 16.2. The molecule has 2 aliphatic rings. The number of urea groups is 1. The number of hydrogen-bond donors (Lipinski definition) is 2. The summed E-state index contributed by atoms with van der Waals surface area (Å²) in [6.07, 6.45) is 7.51. The molecule has 168 valence electrons. The molecule has 1 aliphatic heterocycles. The summed E-state index contributed by atoms with van der Waals surface area (Å²) in [5.74, 6) is 0.590. The van der Waals surface area contributed by atoms with E-state index in [1.54, 1.807) is 4.68 Å². The van der Waals surface area contributed by atoms with E-state index in [0.717, 1.165) is 37.8 Å². The zero-order valence-corrected chi connectivity index (χ0v) is 18.2. The van der Waals surface area contributed by atoms with E-state index < -0.39 is 0 Å². The predicted octanol–water partition coefficient (Wildman–Crippen LogP) is 2.78. The number of aromatic nitrogens is 5. The molecule has 0 radical (unpaired) electrons. The van der Waals surface area contributed by atoms with Crippen molar-refractivity contribution in [2.75, 3.05) is 13.1 Å². The molecular formula is C23H29N7O2. The summed E-state index contributed by atoms with van der Waals surface area (Å²) in [6.45, 7) is 1.77. The number of hydrogen-bond acceptors (Lipinski definition) is 5. The van der Waals surface area contributed by atoms with Crippen molar-refractivity contribution < 1.29 is 4.79 Å². The van der Waals surface area contributed by atoms with Crippen LogP contribution < -0.4 is 10.9 Å². The third-order valence-corrected chi connectivity index (χ3v) is 6.60. The molecule has 2 aromatic heterocycles. The molecule has 1 aliphatic carbocycles. The molecule has 3 aromatic rings. The van der Waals surface area contributed by atoms with Gasteiger partial charge in [-0.1, -0.05) is 54.8 Å². The molecule has 9 heteroatoms. The fourth-order valence-corrected chi connectivity index (χ4v) is 4.84. The van der Waals surface area contributed by atoms with Crippen molar-refractivity contribution in [2.24, 2.45) is 0 Å². The number of carbonyl (C=O) groups excluding carboxylic acids is 1. The molecule has 0 spiro atoms. The van der Waals surface area contributed by atoms with Gasteiger partial charge in [-0.25, -0.2) is 14.5 Å². The van der Waals surface area contributed by atoms with Crippen LogP contribution in [0.3, 0.4) is 0 Å². The molecule has 2 amide bonds. The molecular weight excluding hydrogens is 406 g/mol. The van der Waals surface area contributed by atoms with Crippen LogP contribution in [0.15, 0.2) is 35.1 Å². The van der Waals surface area contributed by atoms with Gasteiger partial charge in [0.1, 0.15) is 5.82 Å². The maximum atomic E-state index is 12.8. The lowest BCUT2D eigenvalue weighted by Gasteiger charge is -2.34. The van der Waals surface area contributed by atoms with Crippen molar-refractivity contribution in [3.63, 3.8) is 0 Å². The van der Waals surface area contributed by atoms with Crippen LogP contribution in [0, 0.1) is 0 Å². The van der Waals surface area contributed by atoms with Gasteiger partial charge in [0.05, 0.1) is 6.54 Å². The first kappa shape index (κ1) is 20.7. The minimum absolute atomic E-state index is 0.000751. The minimum atomic E-state index is -0.284. The van der Waals surface area contributed by atoms with Gasteiger partial charge >= 0.3 is 6.03 Å². The highest BCUT2D eigenvalue weighted by molar-refractivity contribution is 5.74. The Morgan fingerprint density at radius 2 is 1.91 bits per heavy atom. The van der Waals surface area contributed by atoms with E-state index >= 15 is 0 Å². The third-order valence-electron chi connectivity index (χ3n) is 6.60. The van der Waals surface area contributed by atoms with Gasteiger partial charge < -0.3 is 15.2 Å². The predicted molar refractivity (Wildman–Crippen MR) is 120 cm³/mol. The fourth-order valence-electron chi connectivity index (χ4n) is 4.84. The summed E-state index contributed by atoms with van der Waals surface area (Å²) < 4.78 is 1.67. The van der Waals surface area contributed by atoms with Gasteiger partial charge in [0, 0.05) is 25.0 Å². The van der Waals surface area contributed by atoms with E-state index in [2.05, 4.69) is 20.6 Å². The smallest absolute Gasteiger partial charge is 0.317 e. The largest absolute Gasteiger partial charge is 0.335 e. The lowest BCUT2D eigenvalue weighted by Crippen LogP contribution is -2.48. The first-order valence-corrected chi connectivity index (χ1v) is 11.6. The van der Waals surface area contributed by atoms with E-state index in [1.165, 1.54) is 19.3 Å². The van der Waals surface area contributed by atoms with E-state index in [4.69, 9.17) is 4.98 Å². The second kappa shape index (κ2) is 9.10. The highest BCUT2D eigenvalue weighted by Gasteiger charge is 2.28. The quantitative estimate of drug-likeness (QED) is 0.655.